The molecular weight excluding hydrogens is 126 g/mol. The molecule has 1 aliphatic carbocycles. The van der Waals surface area contributed by atoms with Gasteiger partial charge in [0, 0.05) is 13.2 Å². The normalized spacial score (nSPS) is 35.1. The zero-order valence-corrected chi connectivity index (χ0v) is 7.05. The van der Waals surface area contributed by atoms with E-state index in [1.807, 2.05) is 7.05 Å². The molecule has 2 nitrogen and oxygen atoms in total. The summed E-state index contributed by atoms with van der Waals surface area (Å²) in [4.78, 5) is 0. The standard InChI is InChI=1S/C8H17NO/c1-6(9-2)7-4-8(5-7)10-3/h6-9H,4-5H2,1-3H3/t6-,7-,8+/m1/s1. The fourth-order valence-electron chi connectivity index (χ4n) is 1.44. The summed E-state index contributed by atoms with van der Waals surface area (Å²) < 4.78 is 5.18. The van der Waals surface area contributed by atoms with E-state index in [2.05, 4.69) is 12.2 Å². The van der Waals surface area contributed by atoms with E-state index in [1.54, 1.807) is 7.11 Å². The fraction of sp³-hybridized carbons (Fsp3) is 1.00. The van der Waals surface area contributed by atoms with Gasteiger partial charge in [-0.3, -0.25) is 0 Å². The van der Waals surface area contributed by atoms with Crippen LogP contribution in [0.25, 0.3) is 0 Å². The third-order valence-corrected chi connectivity index (χ3v) is 2.63. The number of nitrogens with one attached hydrogen (secondary N) is 1. The van der Waals surface area contributed by atoms with Crippen LogP contribution in [0, 0.1) is 5.92 Å². The summed E-state index contributed by atoms with van der Waals surface area (Å²) >= 11 is 0. The molecule has 0 aliphatic heterocycles. The van der Waals surface area contributed by atoms with Crippen LogP contribution in [-0.2, 0) is 4.74 Å². The molecule has 1 fully saturated rings. The smallest absolute Gasteiger partial charge is 0.0577 e. The summed E-state index contributed by atoms with van der Waals surface area (Å²) in [5.41, 5.74) is 0. The zero-order valence-electron chi connectivity index (χ0n) is 7.05. The van der Waals surface area contributed by atoms with Crippen molar-refractivity contribution in [3.63, 3.8) is 0 Å². The van der Waals surface area contributed by atoms with E-state index in [-0.39, 0.29) is 0 Å². The average molecular weight is 143 g/mol. The van der Waals surface area contributed by atoms with E-state index in [4.69, 9.17) is 4.74 Å². The van der Waals surface area contributed by atoms with E-state index in [1.165, 1.54) is 12.8 Å². The van der Waals surface area contributed by atoms with Crippen molar-refractivity contribution in [2.24, 2.45) is 5.92 Å². The molecule has 1 aliphatic rings. The quantitative estimate of drug-likeness (QED) is 0.637. The highest BCUT2D eigenvalue weighted by Gasteiger charge is 2.31. The molecule has 10 heavy (non-hydrogen) atoms. The van der Waals surface area contributed by atoms with Gasteiger partial charge in [0.1, 0.15) is 0 Å². The van der Waals surface area contributed by atoms with Crippen molar-refractivity contribution < 1.29 is 4.74 Å². The minimum Gasteiger partial charge on any atom is -0.381 e. The van der Waals surface area contributed by atoms with Gasteiger partial charge in [-0.25, -0.2) is 0 Å². The highest BCUT2D eigenvalue weighted by atomic mass is 16.5. The molecule has 0 amide bonds. The Kier molecular flexibility index (Phi) is 2.69. The Morgan fingerprint density at radius 2 is 2.10 bits per heavy atom. The lowest BCUT2D eigenvalue weighted by Crippen LogP contribution is -2.42. The fourth-order valence-corrected chi connectivity index (χ4v) is 1.44. The van der Waals surface area contributed by atoms with Crippen LogP contribution in [-0.4, -0.2) is 26.3 Å². The molecular formula is C8H17NO. The Morgan fingerprint density at radius 1 is 1.50 bits per heavy atom. The molecule has 1 rings (SSSR count). The third-order valence-electron chi connectivity index (χ3n) is 2.63. The third kappa shape index (κ3) is 1.50. The van der Waals surface area contributed by atoms with Gasteiger partial charge in [0.25, 0.3) is 0 Å². The first-order valence-corrected chi connectivity index (χ1v) is 3.98. The lowest BCUT2D eigenvalue weighted by atomic mass is 9.78. The van der Waals surface area contributed by atoms with Gasteiger partial charge in [-0.05, 0) is 32.7 Å². The second-order valence-electron chi connectivity index (χ2n) is 3.17. The second-order valence-corrected chi connectivity index (χ2v) is 3.17. The summed E-state index contributed by atoms with van der Waals surface area (Å²) in [7, 11) is 3.82. The van der Waals surface area contributed by atoms with E-state index in [0.717, 1.165) is 5.92 Å². The van der Waals surface area contributed by atoms with Crippen molar-refractivity contribution in [3.05, 3.63) is 0 Å². The Hall–Kier alpha value is -0.0800. The topological polar surface area (TPSA) is 21.3 Å². The van der Waals surface area contributed by atoms with Crippen LogP contribution in [0.3, 0.4) is 0 Å². The SMILES string of the molecule is CN[C@H](C)[C@H]1C[C@@H](OC)C1. The molecule has 0 aromatic rings. The van der Waals surface area contributed by atoms with Crippen LogP contribution < -0.4 is 5.32 Å². The van der Waals surface area contributed by atoms with Crippen molar-refractivity contribution in [3.8, 4) is 0 Å². The lowest BCUT2D eigenvalue weighted by molar-refractivity contribution is -0.00895. The molecule has 0 aromatic carbocycles. The average Bonchev–Trinajstić information content (AvgIpc) is 1.85. The van der Waals surface area contributed by atoms with Crippen molar-refractivity contribution in [2.45, 2.75) is 31.9 Å². The molecule has 1 saturated carbocycles. The number of rotatable bonds is 3. The summed E-state index contributed by atoms with van der Waals surface area (Å²) in [6.07, 6.45) is 3.01. The molecule has 1 N–H and O–H groups in total. The number of hydrogen-bond acceptors (Lipinski definition) is 2. The Morgan fingerprint density at radius 3 is 2.50 bits per heavy atom. The molecule has 0 aromatic heterocycles. The van der Waals surface area contributed by atoms with Crippen molar-refractivity contribution in [1.82, 2.24) is 5.32 Å². The monoisotopic (exact) mass is 143 g/mol. The summed E-state index contributed by atoms with van der Waals surface area (Å²) in [6.45, 7) is 2.23. The van der Waals surface area contributed by atoms with Gasteiger partial charge in [-0.2, -0.15) is 0 Å². The van der Waals surface area contributed by atoms with Gasteiger partial charge < -0.3 is 10.1 Å². The molecule has 60 valence electrons. The first kappa shape index (κ1) is 8.02. The molecule has 0 radical (unpaired) electrons. The minimum absolute atomic E-state index is 0.542. The molecule has 0 spiro atoms. The van der Waals surface area contributed by atoms with E-state index in [0.29, 0.717) is 12.1 Å². The predicted octanol–water partition coefficient (Wildman–Crippen LogP) is 1.02. The van der Waals surface area contributed by atoms with Crippen LogP contribution in [0.2, 0.25) is 0 Å². The van der Waals surface area contributed by atoms with Crippen molar-refractivity contribution in [1.29, 1.82) is 0 Å². The van der Waals surface area contributed by atoms with Crippen LogP contribution in [0.1, 0.15) is 19.8 Å². The van der Waals surface area contributed by atoms with E-state index < -0.39 is 0 Å². The maximum Gasteiger partial charge on any atom is 0.0577 e. The largest absolute Gasteiger partial charge is 0.381 e. The maximum absolute atomic E-state index is 5.18. The second kappa shape index (κ2) is 3.35. The predicted molar refractivity (Wildman–Crippen MR) is 42.0 cm³/mol. The van der Waals surface area contributed by atoms with Gasteiger partial charge in [-0.1, -0.05) is 0 Å². The zero-order chi connectivity index (χ0) is 7.56. The molecule has 2 heteroatoms. The molecule has 0 bridgehead atoms. The van der Waals surface area contributed by atoms with Gasteiger partial charge in [0.15, 0.2) is 0 Å². The molecule has 1 atom stereocenters. The first-order valence-electron chi connectivity index (χ1n) is 3.98. The van der Waals surface area contributed by atoms with Crippen LogP contribution >= 0.6 is 0 Å². The van der Waals surface area contributed by atoms with E-state index >= 15 is 0 Å². The summed E-state index contributed by atoms with van der Waals surface area (Å²) in [5.74, 6) is 0.843. The first-order chi connectivity index (χ1) is 4.77. The highest BCUT2D eigenvalue weighted by molar-refractivity contribution is 4.85. The van der Waals surface area contributed by atoms with Gasteiger partial charge in [0.05, 0.1) is 6.10 Å². The van der Waals surface area contributed by atoms with Crippen molar-refractivity contribution in [2.75, 3.05) is 14.2 Å². The van der Waals surface area contributed by atoms with Crippen LogP contribution in [0.5, 0.6) is 0 Å². The van der Waals surface area contributed by atoms with Gasteiger partial charge in [0.2, 0.25) is 0 Å². The number of methoxy groups -OCH3 is 1. The number of hydrogen-bond donors (Lipinski definition) is 1. The molecule has 0 saturated heterocycles. The molecule has 0 unspecified atom stereocenters. The highest BCUT2D eigenvalue weighted by Crippen LogP contribution is 2.31. The summed E-state index contributed by atoms with van der Waals surface area (Å²) in [5, 5.41) is 3.26. The van der Waals surface area contributed by atoms with Crippen molar-refractivity contribution >= 4 is 0 Å². The van der Waals surface area contributed by atoms with Gasteiger partial charge >= 0.3 is 0 Å². The van der Waals surface area contributed by atoms with Gasteiger partial charge in [-0.15, -0.1) is 0 Å². The summed E-state index contributed by atoms with van der Waals surface area (Å²) in [6, 6.07) is 0.659. The van der Waals surface area contributed by atoms with Crippen LogP contribution in [0.4, 0.5) is 0 Å². The number of ether oxygens (including phenoxy) is 1. The van der Waals surface area contributed by atoms with E-state index in [9.17, 15) is 0 Å². The Bertz CT molecular complexity index is 99.4. The van der Waals surface area contributed by atoms with Crippen LogP contribution in [0.15, 0.2) is 0 Å². The maximum atomic E-state index is 5.18. The Labute approximate surface area is 63.0 Å². The Balaban J connectivity index is 2.13. The molecule has 0 heterocycles. The minimum atomic E-state index is 0.542. The lowest BCUT2D eigenvalue weighted by Gasteiger charge is -2.37.